The standard InChI is InChI=1S/C18H24N4O3/c1-22-12-21-15-8-13(9-19-16(15)22)17(23)20-10-14-11-24-18(25-14)6-4-2-3-5-7-18/h8-9,12,14H,2-7,10-11H2,1H3,(H,20,23)/t14-/m0/s1. The van der Waals surface area contributed by atoms with Gasteiger partial charge in [0.15, 0.2) is 11.4 Å². The van der Waals surface area contributed by atoms with Gasteiger partial charge in [0.1, 0.15) is 11.6 Å². The van der Waals surface area contributed by atoms with Crippen LogP contribution in [0.15, 0.2) is 18.6 Å². The predicted octanol–water partition coefficient (Wildman–Crippen LogP) is 2.16. The van der Waals surface area contributed by atoms with Crippen LogP contribution in [0.4, 0.5) is 0 Å². The normalized spacial score (nSPS) is 23.0. The van der Waals surface area contributed by atoms with E-state index < -0.39 is 5.79 Å². The fraction of sp³-hybridized carbons (Fsp3) is 0.611. The van der Waals surface area contributed by atoms with Crippen molar-refractivity contribution in [2.45, 2.75) is 50.4 Å². The fourth-order valence-corrected chi connectivity index (χ4v) is 3.70. The molecule has 1 spiro atoms. The van der Waals surface area contributed by atoms with E-state index in [0.717, 1.165) is 31.3 Å². The Hall–Kier alpha value is -1.99. The van der Waals surface area contributed by atoms with E-state index in [1.54, 1.807) is 18.6 Å². The molecule has 1 atom stereocenters. The van der Waals surface area contributed by atoms with Gasteiger partial charge in [-0.1, -0.05) is 12.8 Å². The number of aryl methyl sites for hydroxylation is 1. The average Bonchev–Trinajstić information content (AvgIpc) is 3.11. The number of amides is 1. The summed E-state index contributed by atoms with van der Waals surface area (Å²) in [7, 11) is 1.88. The smallest absolute Gasteiger partial charge is 0.253 e. The van der Waals surface area contributed by atoms with E-state index in [9.17, 15) is 4.79 Å². The van der Waals surface area contributed by atoms with Crippen molar-refractivity contribution in [3.05, 3.63) is 24.2 Å². The topological polar surface area (TPSA) is 78.3 Å². The zero-order valence-corrected chi connectivity index (χ0v) is 14.5. The highest BCUT2D eigenvalue weighted by atomic mass is 16.7. The second-order valence-corrected chi connectivity index (χ2v) is 7.01. The van der Waals surface area contributed by atoms with Crippen LogP contribution in [-0.4, -0.2) is 45.5 Å². The monoisotopic (exact) mass is 344 g/mol. The predicted molar refractivity (Wildman–Crippen MR) is 92.1 cm³/mol. The highest BCUT2D eigenvalue weighted by Crippen LogP contribution is 2.36. The zero-order valence-electron chi connectivity index (χ0n) is 14.5. The number of hydrogen-bond acceptors (Lipinski definition) is 5. The molecule has 1 aliphatic carbocycles. The number of carbonyl (C=O) groups excluding carboxylic acids is 1. The van der Waals surface area contributed by atoms with E-state index in [1.807, 2.05) is 11.6 Å². The van der Waals surface area contributed by atoms with Crippen LogP contribution in [0.3, 0.4) is 0 Å². The second-order valence-electron chi connectivity index (χ2n) is 7.01. The van der Waals surface area contributed by atoms with Crippen LogP contribution in [0.1, 0.15) is 48.9 Å². The molecule has 2 aliphatic rings. The van der Waals surface area contributed by atoms with Crippen LogP contribution in [0.2, 0.25) is 0 Å². The number of ether oxygens (including phenoxy) is 2. The molecule has 2 fully saturated rings. The summed E-state index contributed by atoms with van der Waals surface area (Å²) in [6.45, 7) is 0.985. The SMILES string of the molecule is Cn1cnc2cc(C(=O)NC[C@H]3COC4(CCCCCC4)O3)cnc21. The molecular formula is C18H24N4O3. The largest absolute Gasteiger partial charge is 0.349 e. The molecule has 2 aromatic rings. The van der Waals surface area contributed by atoms with E-state index in [-0.39, 0.29) is 12.0 Å². The van der Waals surface area contributed by atoms with Crippen LogP contribution in [-0.2, 0) is 16.5 Å². The Balaban J connectivity index is 1.35. The molecule has 7 heteroatoms. The number of nitrogens with one attached hydrogen (secondary N) is 1. The van der Waals surface area contributed by atoms with Crippen molar-refractivity contribution >= 4 is 17.1 Å². The molecule has 0 bridgehead atoms. The maximum absolute atomic E-state index is 12.4. The van der Waals surface area contributed by atoms with Gasteiger partial charge in [-0.25, -0.2) is 9.97 Å². The quantitative estimate of drug-likeness (QED) is 0.923. The van der Waals surface area contributed by atoms with Crippen LogP contribution < -0.4 is 5.32 Å². The molecule has 1 amide bonds. The number of aromatic nitrogens is 3. The van der Waals surface area contributed by atoms with Crippen LogP contribution in [0.25, 0.3) is 11.2 Å². The third kappa shape index (κ3) is 3.39. The number of fused-ring (bicyclic) bond motifs is 1. The average molecular weight is 344 g/mol. The molecule has 25 heavy (non-hydrogen) atoms. The number of carbonyl (C=O) groups is 1. The first-order valence-corrected chi connectivity index (χ1v) is 9.02. The van der Waals surface area contributed by atoms with Crippen LogP contribution in [0, 0.1) is 0 Å². The first-order chi connectivity index (χ1) is 12.2. The van der Waals surface area contributed by atoms with Crippen molar-refractivity contribution in [1.82, 2.24) is 19.9 Å². The number of nitrogens with zero attached hydrogens (tertiary/aromatic N) is 3. The van der Waals surface area contributed by atoms with Gasteiger partial charge >= 0.3 is 0 Å². The van der Waals surface area contributed by atoms with Crippen molar-refractivity contribution < 1.29 is 14.3 Å². The molecule has 1 N–H and O–H groups in total. The summed E-state index contributed by atoms with van der Waals surface area (Å²) in [4.78, 5) is 20.9. The molecule has 7 nitrogen and oxygen atoms in total. The summed E-state index contributed by atoms with van der Waals surface area (Å²) in [5, 5.41) is 2.93. The molecule has 1 saturated heterocycles. The molecule has 134 valence electrons. The Bertz CT molecular complexity index is 765. The van der Waals surface area contributed by atoms with E-state index in [1.165, 1.54) is 12.8 Å². The second kappa shape index (κ2) is 6.72. The minimum absolute atomic E-state index is 0.0893. The Kier molecular flexibility index (Phi) is 4.43. The zero-order chi connectivity index (χ0) is 17.3. The molecule has 1 saturated carbocycles. The van der Waals surface area contributed by atoms with E-state index in [2.05, 4.69) is 15.3 Å². The van der Waals surface area contributed by atoms with Crippen molar-refractivity contribution in [3.63, 3.8) is 0 Å². The maximum atomic E-state index is 12.4. The first kappa shape index (κ1) is 16.5. The lowest BCUT2D eigenvalue weighted by molar-refractivity contribution is -0.175. The third-order valence-electron chi connectivity index (χ3n) is 5.08. The summed E-state index contributed by atoms with van der Waals surface area (Å²) in [5.74, 6) is -0.578. The Morgan fingerprint density at radius 2 is 2.12 bits per heavy atom. The highest BCUT2D eigenvalue weighted by Gasteiger charge is 2.41. The maximum Gasteiger partial charge on any atom is 0.253 e. The minimum atomic E-state index is -0.416. The summed E-state index contributed by atoms with van der Waals surface area (Å²) in [6.07, 6.45) is 9.89. The van der Waals surface area contributed by atoms with Crippen molar-refractivity contribution in [2.75, 3.05) is 13.2 Å². The molecule has 0 aromatic carbocycles. The lowest BCUT2D eigenvalue weighted by Gasteiger charge is -2.26. The summed E-state index contributed by atoms with van der Waals surface area (Å²) < 4.78 is 14.0. The summed E-state index contributed by atoms with van der Waals surface area (Å²) in [6, 6.07) is 1.76. The third-order valence-corrected chi connectivity index (χ3v) is 5.08. The number of pyridine rings is 1. The van der Waals surface area contributed by atoms with Crippen molar-refractivity contribution in [2.24, 2.45) is 7.05 Å². The van der Waals surface area contributed by atoms with Crippen LogP contribution >= 0.6 is 0 Å². The van der Waals surface area contributed by atoms with Gasteiger partial charge in [0, 0.05) is 32.6 Å². The molecule has 2 aromatic heterocycles. The highest BCUT2D eigenvalue weighted by molar-refractivity contribution is 5.96. The number of imidazole rings is 1. The van der Waals surface area contributed by atoms with Gasteiger partial charge in [0.05, 0.1) is 18.5 Å². The number of rotatable bonds is 3. The fourth-order valence-electron chi connectivity index (χ4n) is 3.70. The molecule has 1 aliphatic heterocycles. The van der Waals surface area contributed by atoms with Gasteiger partial charge < -0.3 is 19.4 Å². The van der Waals surface area contributed by atoms with Crippen molar-refractivity contribution in [1.29, 1.82) is 0 Å². The molecule has 0 unspecified atom stereocenters. The summed E-state index contributed by atoms with van der Waals surface area (Å²) in [5.41, 5.74) is 1.99. The van der Waals surface area contributed by atoms with Gasteiger partial charge in [-0.15, -0.1) is 0 Å². The van der Waals surface area contributed by atoms with Gasteiger partial charge in [-0.3, -0.25) is 4.79 Å². The Morgan fingerprint density at radius 3 is 2.92 bits per heavy atom. The molecule has 0 radical (unpaired) electrons. The number of hydrogen-bond donors (Lipinski definition) is 1. The molecule has 4 rings (SSSR count). The van der Waals surface area contributed by atoms with E-state index in [4.69, 9.17) is 9.47 Å². The summed E-state index contributed by atoms with van der Waals surface area (Å²) >= 11 is 0. The van der Waals surface area contributed by atoms with Gasteiger partial charge in [0.2, 0.25) is 0 Å². The van der Waals surface area contributed by atoms with Gasteiger partial charge in [0.25, 0.3) is 5.91 Å². The molecule has 3 heterocycles. The Morgan fingerprint density at radius 1 is 1.32 bits per heavy atom. The lowest BCUT2D eigenvalue weighted by Crippen LogP contribution is -2.36. The van der Waals surface area contributed by atoms with Crippen molar-refractivity contribution in [3.8, 4) is 0 Å². The van der Waals surface area contributed by atoms with Crippen LogP contribution in [0.5, 0.6) is 0 Å². The van der Waals surface area contributed by atoms with E-state index in [0.29, 0.717) is 24.2 Å². The Labute approximate surface area is 146 Å². The van der Waals surface area contributed by atoms with Gasteiger partial charge in [-0.2, -0.15) is 0 Å². The lowest BCUT2D eigenvalue weighted by atomic mass is 10.1. The first-order valence-electron chi connectivity index (χ1n) is 9.02. The minimum Gasteiger partial charge on any atom is -0.349 e. The van der Waals surface area contributed by atoms with E-state index >= 15 is 0 Å². The van der Waals surface area contributed by atoms with Gasteiger partial charge in [-0.05, 0) is 18.9 Å². The molecular weight excluding hydrogens is 320 g/mol.